The molecule has 0 heterocycles. The van der Waals surface area contributed by atoms with E-state index in [1.807, 2.05) is 42.5 Å². The van der Waals surface area contributed by atoms with Crippen LogP contribution in [0.5, 0.6) is 5.75 Å². The molecule has 182 valence electrons. The molecule has 0 saturated carbocycles. The van der Waals surface area contributed by atoms with E-state index in [0.29, 0.717) is 6.42 Å². The van der Waals surface area contributed by atoms with Gasteiger partial charge in [0.05, 0.1) is 5.92 Å². The number of esters is 1. The Labute approximate surface area is 203 Å². The van der Waals surface area contributed by atoms with Crippen LogP contribution in [0.2, 0.25) is 18.1 Å². The minimum absolute atomic E-state index is 0.00405. The maximum Gasteiger partial charge on any atom is 0.314 e. The van der Waals surface area contributed by atoms with Crippen molar-refractivity contribution in [2.24, 2.45) is 0 Å². The van der Waals surface area contributed by atoms with Crippen molar-refractivity contribution in [3.63, 3.8) is 0 Å². The van der Waals surface area contributed by atoms with Crippen LogP contribution in [0.15, 0.2) is 54.6 Å². The molecule has 0 saturated heterocycles. The maximum absolute atomic E-state index is 13.3. The van der Waals surface area contributed by atoms with Gasteiger partial charge in [0.25, 0.3) is 0 Å². The lowest BCUT2D eigenvalue weighted by Gasteiger charge is -2.36. The Kier molecular flexibility index (Phi) is 10.2. The molecule has 0 aromatic heterocycles. The Morgan fingerprint density at radius 2 is 1.58 bits per heavy atom. The summed E-state index contributed by atoms with van der Waals surface area (Å²) < 4.78 is 12.4. The quantitative estimate of drug-likeness (QED) is 0.178. The van der Waals surface area contributed by atoms with Crippen LogP contribution < -0.4 is 4.43 Å². The zero-order chi connectivity index (χ0) is 24.5. The fraction of sp³-hybridized carbons (Fsp3) is 0.552. The van der Waals surface area contributed by atoms with Gasteiger partial charge in [-0.15, -0.1) is 0 Å². The summed E-state index contributed by atoms with van der Waals surface area (Å²) in [7, 11) is -1.88. The molecule has 2 unspecified atom stereocenters. The molecule has 0 aliphatic carbocycles. The maximum atomic E-state index is 13.3. The number of carbonyl (C=O) groups is 1. The molecule has 0 spiro atoms. The van der Waals surface area contributed by atoms with Gasteiger partial charge in [0.1, 0.15) is 11.9 Å². The highest BCUT2D eigenvalue weighted by molar-refractivity contribution is 6.74. The van der Waals surface area contributed by atoms with Crippen LogP contribution in [0.1, 0.15) is 83.8 Å². The molecule has 2 aromatic carbocycles. The molecule has 0 bridgehead atoms. The van der Waals surface area contributed by atoms with E-state index < -0.39 is 8.32 Å². The summed E-state index contributed by atoms with van der Waals surface area (Å²) in [5.41, 5.74) is 2.12. The minimum Gasteiger partial charge on any atom is -0.544 e. The van der Waals surface area contributed by atoms with E-state index in [1.54, 1.807) is 0 Å². The van der Waals surface area contributed by atoms with Gasteiger partial charge in [-0.05, 0) is 67.1 Å². The number of ether oxygens (including phenoxy) is 1. The Bertz CT molecular complexity index is 837. The van der Waals surface area contributed by atoms with Crippen LogP contribution in [-0.4, -0.2) is 20.4 Å². The third-order valence-corrected chi connectivity index (χ3v) is 11.3. The fourth-order valence-corrected chi connectivity index (χ4v) is 4.65. The van der Waals surface area contributed by atoms with Crippen molar-refractivity contribution in [1.82, 2.24) is 0 Å². The van der Waals surface area contributed by atoms with Gasteiger partial charge in [0.15, 0.2) is 0 Å². The van der Waals surface area contributed by atoms with Crippen LogP contribution in [0.25, 0.3) is 0 Å². The van der Waals surface area contributed by atoms with E-state index in [2.05, 4.69) is 59.8 Å². The third kappa shape index (κ3) is 8.33. The molecule has 0 amide bonds. The second kappa shape index (κ2) is 12.4. The smallest absolute Gasteiger partial charge is 0.314 e. The summed E-state index contributed by atoms with van der Waals surface area (Å²) in [4.78, 5) is 13.3. The van der Waals surface area contributed by atoms with Gasteiger partial charge in [-0.2, -0.15) is 0 Å². The van der Waals surface area contributed by atoms with Crippen molar-refractivity contribution < 1.29 is 14.0 Å². The molecular weight excluding hydrogens is 424 g/mol. The van der Waals surface area contributed by atoms with Crippen molar-refractivity contribution in [3.8, 4) is 5.75 Å². The molecule has 2 rings (SSSR count). The first kappa shape index (κ1) is 27.2. The Morgan fingerprint density at radius 3 is 2.12 bits per heavy atom. The van der Waals surface area contributed by atoms with Gasteiger partial charge in [-0.25, -0.2) is 0 Å². The SMILES string of the molecule is CCCCCC(CC)OC(=O)C(Cc1ccc(O[Si](C)(C)C(C)(C)C)cc1)c1ccccc1. The number of hydrogen-bond acceptors (Lipinski definition) is 3. The topological polar surface area (TPSA) is 35.5 Å². The highest BCUT2D eigenvalue weighted by Gasteiger charge is 2.39. The Balaban J connectivity index is 2.15. The molecule has 0 radical (unpaired) electrons. The van der Waals surface area contributed by atoms with Gasteiger partial charge in [-0.1, -0.05) is 89.9 Å². The van der Waals surface area contributed by atoms with E-state index in [1.165, 1.54) is 12.8 Å². The largest absolute Gasteiger partial charge is 0.544 e. The normalized spacial score (nSPS) is 13.9. The summed E-state index contributed by atoms with van der Waals surface area (Å²) in [6, 6.07) is 18.3. The summed E-state index contributed by atoms with van der Waals surface area (Å²) in [5, 5.41) is 0.154. The molecule has 3 nitrogen and oxygen atoms in total. The van der Waals surface area contributed by atoms with Crippen LogP contribution in [0, 0.1) is 0 Å². The second-order valence-corrected chi connectivity index (χ2v) is 15.4. The molecule has 4 heteroatoms. The lowest BCUT2D eigenvalue weighted by Crippen LogP contribution is -2.43. The van der Waals surface area contributed by atoms with Crippen LogP contribution >= 0.6 is 0 Å². The summed E-state index contributed by atoms with van der Waals surface area (Å²) >= 11 is 0. The highest BCUT2D eigenvalue weighted by atomic mass is 28.4. The van der Waals surface area contributed by atoms with Gasteiger partial charge < -0.3 is 9.16 Å². The van der Waals surface area contributed by atoms with Gasteiger partial charge >= 0.3 is 5.97 Å². The van der Waals surface area contributed by atoms with Crippen LogP contribution in [-0.2, 0) is 16.0 Å². The summed E-state index contributed by atoms with van der Waals surface area (Å²) in [6.45, 7) is 15.5. The lowest BCUT2D eigenvalue weighted by atomic mass is 9.92. The first-order valence-electron chi connectivity index (χ1n) is 12.6. The second-order valence-electron chi connectivity index (χ2n) is 10.6. The van der Waals surface area contributed by atoms with Gasteiger partial charge in [-0.3, -0.25) is 4.79 Å². The minimum atomic E-state index is -1.88. The van der Waals surface area contributed by atoms with E-state index in [0.717, 1.165) is 36.1 Å². The predicted molar refractivity (Wildman–Crippen MR) is 141 cm³/mol. The lowest BCUT2D eigenvalue weighted by molar-refractivity contribution is -0.151. The molecule has 0 fully saturated rings. The number of hydrogen-bond donors (Lipinski definition) is 0. The van der Waals surface area contributed by atoms with Gasteiger partial charge in [0.2, 0.25) is 8.32 Å². The summed E-state index contributed by atoms with van der Waals surface area (Å²) in [6.07, 6.45) is 5.87. The van der Waals surface area contributed by atoms with E-state index in [9.17, 15) is 4.79 Å². The average Bonchev–Trinajstić information content (AvgIpc) is 2.77. The standard InChI is InChI=1S/C29H44O3Si/c1-8-10-12-17-25(9-2)31-28(30)27(24-15-13-11-14-16-24)22-23-18-20-26(21-19-23)32-33(6,7)29(3,4)5/h11,13-16,18-21,25,27H,8-10,12,17,22H2,1-7H3. The van der Waals surface area contributed by atoms with Crippen LogP contribution in [0.4, 0.5) is 0 Å². The number of rotatable bonds is 12. The van der Waals surface area contributed by atoms with Crippen molar-refractivity contribution in [3.05, 3.63) is 65.7 Å². The molecule has 2 atom stereocenters. The third-order valence-electron chi connectivity index (χ3n) is 6.90. The first-order valence-corrected chi connectivity index (χ1v) is 15.5. The first-order chi connectivity index (χ1) is 15.6. The van der Waals surface area contributed by atoms with E-state index in [4.69, 9.17) is 9.16 Å². The Morgan fingerprint density at radius 1 is 0.939 bits per heavy atom. The average molecular weight is 469 g/mol. The molecule has 0 aliphatic heterocycles. The molecular formula is C29H44O3Si. The molecule has 0 N–H and O–H groups in total. The number of unbranched alkanes of at least 4 members (excludes halogenated alkanes) is 2. The number of carbonyl (C=O) groups excluding carboxylic acids is 1. The van der Waals surface area contributed by atoms with Crippen molar-refractivity contribution >= 4 is 14.3 Å². The fourth-order valence-electron chi connectivity index (χ4n) is 3.61. The van der Waals surface area contributed by atoms with Crippen molar-refractivity contribution in [1.29, 1.82) is 0 Å². The zero-order valence-electron chi connectivity index (χ0n) is 21.8. The van der Waals surface area contributed by atoms with Crippen molar-refractivity contribution in [2.75, 3.05) is 0 Å². The predicted octanol–water partition coefficient (Wildman–Crippen LogP) is 8.30. The van der Waals surface area contributed by atoms with Crippen molar-refractivity contribution in [2.45, 2.75) is 103 Å². The zero-order valence-corrected chi connectivity index (χ0v) is 22.8. The van der Waals surface area contributed by atoms with Crippen LogP contribution in [0.3, 0.4) is 0 Å². The molecule has 33 heavy (non-hydrogen) atoms. The van der Waals surface area contributed by atoms with Gasteiger partial charge in [0, 0.05) is 0 Å². The highest BCUT2D eigenvalue weighted by Crippen LogP contribution is 2.37. The number of benzene rings is 2. The monoisotopic (exact) mass is 468 g/mol. The Hall–Kier alpha value is -2.07. The van der Waals surface area contributed by atoms with E-state index >= 15 is 0 Å². The molecule has 0 aliphatic rings. The summed E-state index contributed by atoms with van der Waals surface area (Å²) in [5.74, 6) is 0.482. The van der Waals surface area contributed by atoms with E-state index in [-0.39, 0.29) is 23.0 Å². The molecule has 2 aromatic rings.